The van der Waals surface area contributed by atoms with Crippen LogP contribution in [0.25, 0.3) is 10.9 Å². The minimum absolute atomic E-state index is 0.166. The Labute approximate surface area is 148 Å². The summed E-state index contributed by atoms with van der Waals surface area (Å²) in [6.07, 6.45) is 0. The van der Waals surface area contributed by atoms with E-state index in [1.807, 2.05) is 55.5 Å². The first kappa shape index (κ1) is 15.7. The maximum Gasteiger partial charge on any atom is 0.257 e. The largest absolute Gasteiger partial charge is 0.497 e. The number of aromatic nitrogens is 1. The third-order valence-corrected chi connectivity index (χ3v) is 4.28. The topological polar surface area (TPSA) is 51.2 Å². The smallest absolute Gasteiger partial charge is 0.257 e. The van der Waals surface area contributed by atoms with E-state index >= 15 is 0 Å². The second-order valence-corrected chi connectivity index (χ2v) is 6.39. The van der Waals surface area contributed by atoms with Gasteiger partial charge in [-0.2, -0.15) is 0 Å². The normalized spacial score (nSPS) is 10.6. The zero-order valence-electron chi connectivity index (χ0n) is 12.8. The van der Waals surface area contributed by atoms with Gasteiger partial charge in [0.2, 0.25) is 0 Å². The van der Waals surface area contributed by atoms with E-state index in [0.29, 0.717) is 11.3 Å². The second kappa shape index (κ2) is 6.54. The van der Waals surface area contributed by atoms with E-state index in [2.05, 4.69) is 32.9 Å². The van der Waals surface area contributed by atoms with Crippen LogP contribution in [0.15, 0.2) is 48.5 Å². The van der Waals surface area contributed by atoms with Gasteiger partial charge in [-0.1, -0.05) is 0 Å². The lowest BCUT2D eigenvalue weighted by Gasteiger charge is -2.10. The molecule has 0 radical (unpaired) electrons. The molecule has 0 fully saturated rings. The molecule has 3 aromatic rings. The summed E-state index contributed by atoms with van der Waals surface area (Å²) in [6, 6.07) is 15.1. The van der Waals surface area contributed by atoms with Gasteiger partial charge in [-0.15, -0.1) is 0 Å². The summed E-state index contributed by atoms with van der Waals surface area (Å²) in [6.45, 7) is 1.84. The van der Waals surface area contributed by atoms with Crippen molar-refractivity contribution < 1.29 is 9.53 Å². The van der Waals surface area contributed by atoms with Crippen molar-refractivity contribution in [2.45, 2.75) is 6.92 Å². The van der Waals surface area contributed by atoms with Crippen LogP contribution in [0, 0.1) is 10.5 Å². The summed E-state index contributed by atoms with van der Waals surface area (Å²) in [7, 11) is 1.62. The van der Waals surface area contributed by atoms with E-state index in [4.69, 9.17) is 4.74 Å². The molecule has 116 valence electrons. The SMILES string of the molecule is COc1ccc2nc(C)c(C(=O)Nc3ccc(I)cc3)cc2c1. The highest BCUT2D eigenvalue weighted by atomic mass is 127. The van der Waals surface area contributed by atoms with E-state index in [9.17, 15) is 4.79 Å². The molecule has 0 unspecified atom stereocenters. The van der Waals surface area contributed by atoms with Crippen LogP contribution in [0.5, 0.6) is 5.75 Å². The van der Waals surface area contributed by atoms with Gasteiger partial charge in [0.1, 0.15) is 5.75 Å². The van der Waals surface area contributed by atoms with Crippen molar-refractivity contribution in [3.63, 3.8) is 0 Å². The first-order chi connectivity index (χ1) is 11.1. The summed E-state index contributed by atoms with van der Waals surface area (Å²) in [5, 5.41) is 3.78. The Balaban J connectivity index is 1.95. The number of anilines is 1. The summed E-state index contributed by atoms with van der Waals surface area (Å²) < 4.78 is 6.35. The number of benzene rings is 2. The predicted octanol–water partition coefficient (Wildman–Crippen LogP) is 4.41. The number of carbonyl (C=O) groups excluding carboxylic acids is 1. The minimum Gasteiger partial charge on any atom is -0.497 e. The molecule has 0 bridgehead atoms. The molecular weight excluding hydrogens is 403 g/mol. The van der Waals surface area contributed by atoms with Crippen molar-refractivity contribution in [2.24, 2.45) is 0 Å². The lowest BCUT2D eigenvalue weighted by Crippen LogP contribution is -2.14. The first-order valence-electron chi connectivity index (χ1n) is 7.09. The molecule has 3 rings (SSSR count). The van der Waals surface area contributed by atoms with Gasteiger partial charge in [-0.3, -0.25) is 9.78 Å². The Morgan fingerprint density at radius 3 is 2.57 bits per heavy atom. The lowest BCUT2D eigenvalue weighted by molar-refractivity contribution is 0.102. The van der Waals surface area contributed by atoms with E-state index in [1.54, 1.807) is 7.11 Å². The molecule has 0 spiro atoms. The van der Waals surface area contributed by atoms with Crippen molar-refractivity contribution in [1.29, 1.82) is 0 Å². The molecule has 1 aromatic heterocycles. The Bertz CT molecular complexity index is 876. The predicted molar refractivity (Wildman–Crippen MR) is 100 cm³/mol. The quantitative estimate of drug-likeness (QED) is 0.642. The minimum atomic E-state index is -0.166. The zero-order chi connectivity index (χ0) is 16.4. The van der Waals surface area contributed by atoms with Crippen molar-refractivity contribution in [3.05, 3.63) is 63.4 Å². The Morgan fingerprint density at radius 1 is 1.13 bits per heavy atom. The van der Waals surface area contributed by atoms with Gasteiger partial charge < -0.3 is 10.1 Å². The van der Waals surface area contributed by atoms with Crippen LogP contribution in [0.4, 0.5) is 5.69 Å². The number of nitrogens with zero attached hydrogens (tertiary/aromatic N) is 1. The summed E-state index contributed by atoms with van der Waals surface area (Å²) in [5.74, 6) is 0.577. The lowest BCUT2D eigenvalue weighted by atomic mass is 10.1. The molecular formula is C18H15IN2O2. The third kappa shape index (κ3) is 3.44. The first-order valence-corrected chi connectivity index (χ1v) is 8.17. The summed E-state index contributed by atoms with van der Waals surface area (Å²) in [5.41, 5.74) is 2.87. The summed E-state index contributed by atoms with van der Waals surface area (Å²) >= 11 is 2.23. The average Bonchev–Trinajstić information content (AvgIpc) is 2.55. The molecule has 1 heterocycles. The van der Waals surface area contributed by atoms with Crippen molar-refractivity contribution in [2.75, 3.05) is 12.4 Å². The van der Waals surface area contributed by atoms with Gasteiger partial charge in [0.15, 0.2) is 0 Å². The van der Waals surface area contributed by atoms with Crippen LogP contribution in [-0.2, 0) is 0 Å². The van der Waals surface area contributed by atoms with E-state index in [0.717, 1.165) is 25.9 Å². The number of ether oxygens (including phenoxy) is 1. The van der Waals surface area contributed by atoms with Crippen molar-refractivity contribution in [1.82, 2.24) is 4.98 Å². The number of halogens is 1. The number of hydrogen-bond acceptors (Lipinski definition) is 3. The molecule has 1 amide bonds. The Hall–Kier alpha value is -2.15. The second-order valence-electron chi connectivity index (χ2n) is 5.14. The highest BCUT2D eigenvalue weighted by Crippen LogP contribution is 2.22. The van der Waals surface area contributed by atoms with Crippen LogP contribution >= 0.6 is 22.6 Å². The number of hydrogen-bond donors (Lipinski definition) is 1. The van der Waals surface area contributed by atoms with Gasteiger partial charge in [0.25, 0.3) is 5.91 Å². The van der Waals surface area contributed by atoms with E-state index in [1.165, 1.54) is 0 Å². The number of amides is 1. The average molecular weight is 418 g/mol. The van der Waals surface area contributed by atoms with Crippen LogP contribution < -0.4 is 10.1 Å². The maximum atomic E-state index is 12.5. The molecule has 23 heavy (non-hydrogen) atoms. The van der Waals surface area contributed by atoms with Crippen molar-refractivity contribution >= 4 is 45.1 Å². The van der Waals surface area contributed by atoms with Crippen LogP contribution in [0.3, 0.4) is 0 Å². The van der Waals surface area contributed by atoms with Crippen LogP contribution in [-0.4, -0.2) is 18.0 Å². The van der Waals surface area contributed by atoms with Gasteiger partial charge in [0.05, 0.1) is 23.9 Å². The van der Waals surface area contributed by atoms with Crippen molar-refractivity contribution in [3.8, 4) is 5.75 Å². The Morgan fingerprint density at radius 2 is 1.87 bits per heavy atom. The number of rotatable bonds is 3. The molecule has 4 nitrogen and oxygen atoms in total. The highest BCUT2D eigenvalue weighted by molar-refractivity contribution is 14.1. The molecule has 0 saturated carbocycles. The standard InChI is InChI=1S/C18H15IN2O2/c1-11-16(18(22)21-14-5-3-13(19)4-6-14)10-12-9-15(23-2)7-8-17(12)20-11/h3-10H,1-2H3,(H,21,22). The number of pyridine rings is 1. The van der Waals surface area contributed by atoms with Gasteiger partial charge in [-0.25, -0.2) is 0 Å². The van der Waals surface area contributed by atoms with Crippen LogP contribution in [0.1, 0.15) is 16.1 Å². The number of nitrogens with one attached hydrogen (secondary N) is 1. The number of aryl methyl sites for hydroxylation is 1. The monoisotopic (exact) mass is 418 g/mol. The molecule has 0 saturated heterocycles. The number of methoxy groups -OCH3 is 1. The molecule has 1 N–H and O–H groups in total. The molecule has 0 aliphatic rings. The molecule has 2 aromatic carbocycles. The fraction of sp³-hybridized carbons (Fsp3) is 0.111. The zero-order valence-corrected chi connectivity index (χ0v) is 14.9. The van der Waals surface area contributed by atoms with Gasteiger partial charge >= 0.3 is 0 Å². The number of fused-ring (bicyclic) bond motifs is 1. The number of carbonyl (C=O) groups is 1. The Kier molecular flexibility index (Phi) is 4.47. The van der Waals surface area contributed by atoms with E-state index in [-0.39, 0.29) is 5.91 Å². The molecule has 5 heteroatoms. The van der Waals surface area contributed by atoms with Gasteiger partial charge in [-0.05, 0) is 78.0 Å². The molecule has 0 atom stereocenters. The van der Waals surface area contributed by atoms with Gasteiger partial charge in [0, 0.05) is 14.6 Å². The fourth-order valence-corrected chi connectivity index (χ4v) is 2.70. The maximum absolute atomic E-state index is 12.5. The molecule has 0 aliphatic heterocycles. The summed E-state index contributed by atoms with van der Waals surface area (Å²) in [4.78, 5) is 17.0. The van der Waals surface area contributed by atoms with E-state index < -0.39 is 0 Å². The highest BCUT2D eigenvalue weighted by Gasteiger charge is 2.12. The van der Waals surface area contributed by atoms with Crippen LogP contribution in [0.2, 0.25) is 0 Å². The third-order valence-electron chi connectivity index (χ3n) is 3.56. The fourth-order valence-electron chi connectivity index (χ4n) is 2.34. The molecule has 0 aliphatic carbocycles.